The number of anilines is 1. The number of benzene rings is 2. The fourth-order valence-corrected chi connectivity index (χ4v) is 4.56. The number of rotatable bonds is 5. The summed E-state index contributed by atoms with van der Waals surface area (Å²) in [5.41, 5.74) is 2.02. The first kappa shape index (κ1) is 20.6. The van der Waals surface area contributed by atoms with Gasteiger partial charge in [-0.2, -0.15) is 0 Å². The van der Waals surface area contributed by atoms with Crippen LogP contribution in [0, 0.1) is 5.92 Å². The molecule has 0 aliphatic carbocycles. The molecule has 2 aromatic rings. The van der Waals surface area contributed by atoms with Crippen molar-refractivity contribution in [2.75, 3.05) is 31.1 Å². The molecule has 0 aromatic heterocycles. The van der Waals surface area contributed by atoms with E-state index in [1.165, 1.54) is 0 Å². The Morgan fingerprint density at radius 3 is 2.40 bits per heavy atom. The summed E-state index contributed by atoms with van der Waals surface area (Å²) < 4.78 is 6.09. The van der Waals surface area contributed by atoms with Crippen molar-refractivity contribution in [2.24, 2.45) is 5.92 Å². The van der Waals surface area contributed by atoms with Crippen molar-refractivity contribution in [2.45, 2.75) is 31.9 Å². The summed E-state index contributed by atoms with van der Waals surface area (Å²) in [6.45, 7) is 5.59. The zero-order chi connectivity index (χ0) is 21.1. The maximum absolute atomic E-state index is 12.4. The molecule has 6 heteroatoms. The third-order valence-electron chi connectivity index (χ3n) is 6.42. The van der Waals surface area contributed by atoms with Gasteiger partial charge in [-0.3, -0.25) is 9.69 Å². The highest BCUT2D eigenvalue weighted by Crippen LogP contribution is 2.36. The van der Waals surface area contributed by atoms with Gasteiger partial charge in [0.15, 0.2) is 0 Å². The van der Waals surface area contributed by atoms with Crippen LogP contribution in [0.3, 0.4) is 0 Å². The first-order chi connectivity index (χ1) is 14.4. The number of morpholine rings is 1. The number of hydrogen-bond acceptors (Lipinski definition) is 4. The van der Waals surface area contributed by atoms with Crippen LogP contribution in [-0.2, 0) is 16.1 Å². The summed E-state index contributed by atoms with van der Waals surface area (Å²) in [7, 11) is 0. The molecule has 6 nitrogen and oxygen atoms in total. The minimum atomic E-state index is -0.897. The van der Waals surface area contributed by atoms with Crippen molar-refractivity contribution in [3.8, 4) is 0 Å². The number of aromatic carboxylic acids is 1. The molecule has 0 saturated carbocycles. The standard InChI is InChI=1S/C24H28N2O4/c1-24(17-26(22(27)16-30-24)21-5-3-2-4-6-21)20-11-13-25(14-12-20)15-18-7-9-19(10-8-18)23(28)29/h2-10,20H,11-17H2,1H3,(H,28,29). The predicted octanol–water partition coefficient (Wildman–Crippen LogP) is 3.42. The summed E-state index contributed by atoms with van der Waals surface area (Å²) in [5, 5.41) is 9.04. The second-order valence-electron chi connectivity index (χ2n) is 8.47. The fourth-order valence-electron chi connectivity index (χ4n) is 4.56. The Hall–Kier alpha value is -2.70. The summed E-state index contributed by atoms with van der Waals surface area (Å²) in [6, 6.07) is 16.9. The Bertz CT molecular complexity index is 891. The quantitative estimate of drug-likeness (QED) is 0.821. The number of amides is 1. The van der Waals surface area contributed by atoms with E-state index in [0.29, 0.717) is 18.0 Å². The lowest BCUT2D eigenvalue weighted by atomic mass is 9.80. The molecule has 0 bridgehead atoms. The van der Waals surface area contributed by atoms with Gasteiger partial charge in [0.2, 0.25) is 0 Å². The first-order valence-electron chi connectivity index (χ1n) is 10.5. The number of para-hydroxylation sites is 1. The van der Waals surface area contributed by atoms with Crippen LogP contribution in [0.25, 0.3) is 0 Å². The Balaban J connectivity index is 1.36. The number of ether oxygens (including phenoxy) is 1. The minimum absolute atomic E-state index is 0.0147. The molecule has 2 saturated heterocycles. The largest absolute Gasteiger partial charge is 0.478 e. The van der Waals surface area contributed by atoms with Gasteiger partial charge >= 0.3 is 5.97 Å². The van der Waals surface area contributed by atoms with E-state index in [4.69, 9.17) is 9.84 Å². The number of hydrogen-bond donors (Lipinski definition) is 1. The number of carboxylic acids is 1. The van der Waals surface area contributed by atoms with Crippen LogP contribution in [0.2, 0.25) is 0 Å². The molecule has 1 amide bonds. The van der Waals surface area contributed by atoms with Gasteiger partial charge in [-0.1, -0.05) is 30.3 Å². The van der Waals surface area contributed by atoms with Crippen molar-refractivity contribution in [1.82, 2.24) is 4.90 Å². The number of carbonyl (C=O) groups excluding carboxylic acids is 1. The van der Waals surface area contributed by atoms with Gasteiger partial charge in [0.25, 0.3) is 5.91 Å². The van der Waals surface area contributed by atoms with E-state index < -0.39 is 5.97 Å². The molecule has 1 N–H and O–H groups in total. The van der Waals surface area contributed by atoms with Crippen LogP contribution < -0.4 is 4.90 Å². The van der Waals surface area contributed by atoms with Crippen LogP contribution in [0.5, 0.6) is 0 Å². The van der Waals surface area contributed by atoms with Crippen LogP contribution in [-0.4, -0.2) is 53.7 Å². The lowest BCUT2D eigenvalue weighted by molar-refractivity contribution is -0.146. The Morgan fingerprint density at radius 2 is 1.77 bits per heavy atom. The van der Waals surface area contributed by atoms with Gasteiger partial charge in [-0.05, 0) is 68.6 Å². The molecule has 158 valence electrons. The lowest BCUT2D eigenvalue weighted by Crippen LogP contribution is -2.58. The maximum Gasteiger partial charge on any atom is 0.335 e. The van der Waals surface area contributed by atoms with Gasteiger partial charge < -0.3 is 14.7 Å². The zero-order valence-electron chi connectivity index (χ0n) is 17.3. The highest BCUT2D eigenvalue weighted by Gasteiger charge is 2.43. The molecule has 2 fully saturated rings. The lowest BCUT2D eigenvalue weighted by Gasteiger charge is -2.47. The van der Waals surface area contributed by atoms with Crippen molar-refractivity contribution < 1.29 is 19.4 Å². The van der Waals surface area contributed by atoms with E-state index in [9.17, 15) is 9.59 Å². The highest BCUT2D eigenvalue weighted by atomic mass is 16.5. The average molecular weight is 408 g/mol. The monoisotopic (exact) mass is 408 g/mol. The van der Waals surface area contributed by atoms with Crippen LogP contribution >= 0.6 is 0 Å². The number of nitrogens with zero attached hydrogens (tertiary/aromatic N) is 2. The second-order valence-corrected chi connectivity index (χ2v) is 8.47. The normalized spacial score (nSPS) is 23.5. The number of likely N-dealkylation sites (tertiary alicyclic amines) is 1. The van der Waals surface area contributed by atoms with E-state index in [2.05, 4.69) is 11.8 Å². The highest BCUT2D eigenvalue weighted by molar-refractivity contribution is 5.95. The Kier molecular flexibility index (Phi) is 5.88. The summed E-state index contributed by atoms with van der Waals surface area (Å²) in [6.07, 6.45) is 2.03. The molecule has 2 aliphatic heterocycles. The molecule has 4 rings (SSSR count). The molecule has 2 heterocycles. The van der Waals surface area contributed by atoms with Crippen molar-refractivity contribution in [3.63, 3.8) is 0 Å². The Morgan fingerprint density at radius 1 is 1.10 bits per heavy atom. The fraction of sp³-hybridized carbons (Fsp3) is 0.417. The van der Waals surface area contributed by atoms with E-state index in [-0.39, 0.29) is 18.1 Å². The predicted molar refractivity (Wildman–Crippen MR) is 115 cm³/mol. The maximum atomic E-state index is 12.4. The Labute approximate surface area is 177 Å². The average Bonchev–Trinajstić information content (AvgIpc) is 2.77. The van der Waals surface area contributed by atoms with Crippen molar-refractivity contribution in [3.05, 3.63) is 65.7 Å². The molecule has 30 heavy (non-hydrogen) atoms. The smallest absolute Gasteiger partial charge is 0.335 e. The van der Waals surface area contributed by atoms with E-state index >= 15 is 0 Å². The molecule has 1 unspecified atom stereocenters. The summed E-state index contributed by atoms with van der Waals surface area (Å²) in [4.78, 5) is 27.7. The van der Waals surface area contributed by atoms with E-state index in [1.54, 1.807) is 12.1 Å². The molecule has 0 spiro atoms. The second kappa shape index (κ2) is 8.58. The molecule has 0 radical (unpaired) electrons. The van der Waals surface area contributed by atoms with Crippen LogP contribution in [0.15, 0.2) is 54.6 Å². The van der Waals surface area contributed by atoms with Crippen LogP contribution in [0.4, 0.5) is 5.69 Å². The number of carbonyl (C=O) groups is 2. The van der Waals surface area contributed by atoms with E-state index in [0.717, 1.165) is 43.7 Å². The van der Waals surface area contributed by atoms with Gasteiger partial charge in [-0.25, -0.2) is 4.79 Å². The number of carboxylic acid groups (broad SMARTS) is 1. The first-order valence-corrected chi connectivity index (χ1v) is 10.5. The van der Waals surface area contributed by atoms with Crippen molar-refractivity contribution in [1.29, 1.82) is 0 Å². The van der Waals surface area contributed by atoms with E-state index in [1.807, 2.05) is 47.4 Å². The van der Waals surface area contributed by atoms with Gasteiger partial charge in [0.05, 0.1) is 17.7 Å². The SMILES string of the molecule is CC1(C2CCN(Cc3ccc(C(=O)O)cc3)CC2)CN(c2ccccc2)C(=O)CO1. The molecule has 2 aliphatic rings. The van der Waals surface area contributed by atoms with Gasteiger partial charge in [0, 0.05) is 12.2 Å². The third-order valence-corrected chi connectivity index (χ3v) is 6.42. The van der Waals surface area contributed by atoms with Gasteiger partial charge in [0.1, 0.15) is 6.61 Å². The molecule has 1 atom stereocenters. The summed E-state index contributed by atoms with van der Waals surface area (Å²) in [5.74, 6) is -0.491. The van der Waals surface area contributed by atoms with Gasteiger partial charge in [-0.15, -0.1) is 0 Å². The minimum Gasteiger partial charge on any atom is -0.478 e. The molecule has 2 aromatic carbocycles. The van der Waals surface area contributed by atoms with Crippen molar-refractivity contribution >= 4 is 17.6 Å². The number of piperidine rings is 1. The molecular formula is C24H28N2O4. The van der Waals surface area contributed by atoms with Crippen LogP contribution in [0.1, 0.15) is 35.7 Å². The molecular weight excluding hydrogens is 380 g/mol. The zero-order valence-corrected chi connectivity index (χ0v) is 17.3. The topological polar surface area (TPSA) is 70.1 Å². The summed E-state index contributed by atoms with van der Waals surface area (Å²) >= 11 is 0. The third kappa shape index (κ3) is 4.40.